The van der Waals surface area contributed by atoms with Gasteiger partial charge >= 0.3 is 0 Å². The molecule has 1 aromatic rings. The van der Waals surface area contributed by atoms with E-state index < -0.39 is 6.04 Å². The number of nitrogens with one attached hydrogen (secondary N) is 1. The van der Waals surface area contributed by atoms with E-state index in [1.165, 1.54) is 13.2 Å². The molecule has 104 valence electrons. The van der Waals surface area contributed by atoms with Gasteiger partial charge in [0.25, 0.3) is 0 Å². The summed E-state index contributed by atoms with van der Waals surface area (Å²) in [4.78, 5) is 11.6. The summed E-state index contributed by atoms with van der Waals surface area (Å²) < 4.78 is 4.86. The normalized spacial score (nSPS) is 12.6. The van der Waals surface area contributed by atoms with Crippen LogP contribution in [-0.4, -0.2) is 37.4 Å². The van der Waals surface area contributed by atoms with E-state index in [1.54, 1.807) is 24.3 Å². The second-order valence-corrected chi connectivity index (χ2v) is 4.60. The molecule has 1 rings (SSSR count). The minimum atomic E-state index is -0.433. The first-order valence-corrected chi connectivity index (χ1v) is 6.36. The molecule has 0 saturated carbocycles. The van der Waals surface area contributed by atoms with Gasteiger partial charge < -0.3 is 15.2 Å². The molecule has 1 atom stereocenters. The zero-order valence-corrected chi connectivity index (χ0v) is 11.9. The smallest absolute Gasteiger partial charge is 0.244 e. The van der Waals surface area contributed by atoms with Crippen molar-refractivity contribution in [3.63, 3.8) is 0 Å². The maximum Gasteiger partial charge on any atom is 0.244 e. The summed E-state index contributed by atoms with van der Waals surface area (Å²) in [6, 6.07) is 4.72. The van der Waals surface area contributed by atoms with Crippen molar-refractivity contribution < 1.29 is 14.6 Å². The first-order valence-electron chi connectivity index (χ1n) is 5.61. The van der Waals surface area contributed by atoms with Gasteiger partial charge in [0.2, 0.25) is 5.91 Å². The molecule has 0 aliphatic carbocycles. The van der Waals surface area contributed by atoms with Crippen molar-refractivity contribution >= 4 is 35.2 Å². The molecule has 0 aliphatic heterocycles. The lowest BCUT2D eigenvalue weighted by molar-refractivity contribution is -0.117. The number of aliphatic hydroxyl groups is 1. The van der Waals surface area contributed by atoms with Gasteiger partial charge in [-0.25, -0.2) is 0 Å². The van der Waals surface area contributed by atoms with Crippen LogP contribution >= 0.6 is 23.2 Å². The van der Waals surface area contributed by atoms with Gasteiger partial charge in [0.15, 0.2) is 0 Å². The molecule has 19 heavy (non-hydrogen) atoms. The zero-order chi connectivity index (χ0) is 14.3. The summed E-state index contributed by atoms with van der Waals surface area (Å²) in [6.07, 6.45) is 2.89. The number of rotatable bonds is 6. The van der Waals surface area contributed by atoms with Gasteiger partial charge in [-0.2, -0.15) is 0 Å². The van der Waals surface area contributed by atoms with Crippen molar-refractivity contribution in [2.75, 3.05) is 20.3 Å². The molecule has 4 nitrogen and oxygen atoms in total. The first-order chi connectivity index (χ1) is 9.08. The molecule has 0 heterocycles. The summed E-state index contributed by atoms with van der Waals surface area (Å²) in [6.45, 7) is 0.0549. The molecule has 1 amide bonds. The minimum absolute atomic E-state index is 0.189. The number of halogens is 2. The minimum Gasteiger partial charge on any atom is -0.394 e. The molecule has 1 aromatic carbocycles. The summed E-state index contributed by atoms with van der Waals surface area (Å²) >= 11 is 11.8. The van der Waals surface area contributed by atoms with E-state index in [0.29, 0.717) is 15.6 Å². The van der Waals surface area contributed by atoms with E-state index in [-0.39, 0.29) is 19.1 Å². The summed E-state index contributed by atoms with van der Waals surface area (Å²) in [5.74, 6) is -0.341. The highest BCUT2D eigenvalue weighted by molar-refractivity contribution is 6.42. The molecule has 0 spiro atoms. The molecule has 0 aromatic heterocycles. The molecule has 0 fully saturated rings. The highest BCUT2D eigenvalue weighted by Crippen LogP contribution is 2.26. The maximum atomic E-state index is 11.6. The molecule has 2 N–H and O–H groups in total. The fourth-order valence-electron chi connectivity index (χ4n) is 1.41. The number of hydrogen-bond donors (Lipinski definition) is 2. The third kappa shape index (κ3) is 5.20. The van der Waals surface area contributed by atoms with Crippen LogP contribution in [0.1, 0.15) is 5.56 Å². The van der Waals surface area contributed by atoms with Gasteiger partial charge in [0.05, 0.1) is 29.3 Å². The number of amides is 1. The molecular formula is C13H15Cl2NO3. The average Bonchev–Trinajstić information content (AvgIpc) is 2.40. The standard InChI is InChI=1S/C13H15Cl2NO3/c1-19-8-10(7-17)16-12(18)6-5-9-3-2-4-11(14)13(9)15/h2-6,10,17H,7-8H2,1H3,(H,16,18)/b6-5+. The number of ether oxygens (including phenoxy) is 1. The second kappa shape index (κ2) is 8.17. The van der Waals surface area contributed by atoms with Crippen LogP contribution in [0.25, 0.3) is 6.08 Å². The molecule has 6 heteroatoms. The van der Waals surface area contributed by atoms with E-state index in [2.05, 4.69) is 5.32 Å². The third-order valence-electron chi connectivity index (χ3n) is 2.33. The Morgan fingerprint density at radius 3 is 2.89 bits per heavy atom. The van der Waals surface area contributed by atoms with Crippen LogP contribution in [0.2, 0.25) is 10.0 Å². The van der Waals surface area contributed by atoms with Crippen LogP contribution < -0.4 is 5.32 Å². The SMILES string of the molecule is COCC(CO)NC(=O)/C=C/c1cccc(Cl)c1Cl. The van der Waals surface area contributed by atoms with Crippen LogP contribution in [0, 0.1) is 0 Å². The van der Waals surface area contributed by atoms with Crippen molar-refractivity contribution in [1.82, 2.24) is 5.32 Å². The Hall–Kier alpha value is -1.07. The number of aliphatic hydroxyl groups excluding tert-OH is 1. The number of carbonyl (C=O) groups is 1. The van der Waals surface area contributed by atoms with Crippen molar-refractivity contribution in [1.29, 1.82) is 0 Å². The van der Waals surface area contributed by atoms with Gasteiger partial charge in [0.1, 0.15) is 0 Å². The molecule has 1 unspecified atom stereocenters. The van der Waals surface area contributed by atoms with Crippen molar-refractivity contribution in [3.05, 3.63) is 39.9 Å². The lowest BCUT2D eigenvalue weighted by atomic mass is 10.2. The van der Waals surface area contributed by atoms with Crippen LogP contribution in [0.3, 0.4) is 0 Å². The second-order valence-electron chi connectivity index (χ2n) is 3.82. The summed E-state index contributed by atoms with van der Waals surface area (Å²) in [5, 5.41) is 12.4. The van der Waals surface area contributed by atoms with Crippen LogP contribution in [0.5, 0.6) is 0 Å². The van der Waals surface area contributed by atoms with Crippen molar-refractivity contribution in [2.45, 2.75) is 6.04 Å². The first kappa shape index (κ1) is 16.0. The maximum absolute atomic E-state index is 11.6. The number of carbonyl (C=O) groups excluding carboxylic acids is 1. The Kier molecular flexibility index (Phi) is 6.87. The van der Waals surface area contributed by atoms with Gasteiger partial charge in [-0.1, -0.05) is 35.3 Å². The molecule has 0 aliphatic rings. The fraction of sp³-hybridized carbons (Fsp3) is 0.308. The molecule has 0 bridgehead atoms. The van der Waals surface area contributed by atoms with Crippen molar-refractivity contribution in [3.8, 4) is 0 Å². The molecular weight excluding hydrogens is 289 g/mol. The van der Waals surface area contributed by atoms with E-state index in [9.17, 15) is 4.79 Å². The fourth-order valence-corrected chi connectivity index (χ4v) is 1.78. The molecule has 0 saturated heterocycles. The monoisotopic (exact) mass is 303 g/mol. The van der Waals surface area contributed by atoms with Crippen LogP contribution in [-0.2, 0) is 9.53 Å². The predicted molar refractivity (Wildman–Crippen MR) is 76.4 cm³/mol. The molecule has 0 radical (unpaired) electrons. The zero-order valence-electron chi connectivity index (χ0n) is 10.4. The van der Waals surface area contributed by atoms with E-state index in [4.69, 9.17) is 33.0 Å². The van der Waals surface area contributed by atoms with Gasteiger partial charge in [-0.05, 0) is 17.7 Å². The van der Waals surface area contributed by atoms with Gasteiger partial charge in [0, 0.05) is 13.2 Å². The largest absolute Gasteiger partial charge is 0.394 e. The summed E-state index contributed by atoms with van der Waals surface area (Å²) in [7, 11) is 1.50. The lowest BCUT2D eigenvalue weighted by Crippen LogP contribution is -2.39. The van der Waals surface area contributed by atoms with E-state index >= 15 is 0 Å². The van der Waals surface area contributed by atoms with Crippen LogP contribution in [0.4, 0.5) is 0 Å². The van der Waals surface area contributed by atoms with Gasteiger partial charge in [-0.15, -0.1) is 0 Å². The highest BCUT2D eigenvalue weighted by atomic mass is 35.5. The Labute approximate surface area is 122 Å². The number of methoxy groups -OCH3 is 1. The lowest BCUT2D eigenvalue weighted by Gasteiger charge is -2.13. The summed E-state index contributed by atoms with van der Waals surface area (Å²) in [5.41, 5.74) is 0.650. The van der Waals surface area contributed by atoms with E-state index in [1.807, 2.05) is 0 Å². The quantitative estimate of drug-likeness (QED) is 0.792. The number of benzene rings is 1. The Balaban J connectivity index is 2.65. The third-order valence-corrected chi connectivity index (χ3v) is 3.16. The Morgan fingerprint density at radius 2 is 2.26 bits per heavy atom. The van der Waals surface area contributed by atoms with Gasteiger partial charge in [-0.3, -0.25) is 4.79 Å². The highest BCUT2D eigenvalue weighted by Gasteiger charge is 2.08. The van der Waals surface area contributed by atoms with E-state index in [0.717, 1.165) is 0 Å². The predicted octanol–water partition coefficient (Wildman–Crippen LogP) is 2.13. The number of hydrogen-bond acceptors (Lipinski definition) is 3. The van der Waals surface area contributed by atoms with Crippen LogP contribution in [0.15, 0.2) is 24.3 Å². The Bertz CT molecular complexity index is 463. The topological polar surface area (TPSA) is 58.6 Å². The van der Waals surface area contributed by atoms with Crippen molar-refractivity contribution in [2.24, 2.45) is 0 Å². The average molecular weight is 304 g/mol. The Morgan fingerprint density at radius 1 is 1.53 bits per heavy atom.